The van der Waals surface area contributed by atoms with Crippen LogP contribution in [0.25, 0.3) is 0 Å². The molecule has 6 nitrogen and oxygen atoms in total. The van der Waals surface area contributed by atoms with Crippen LogP contribution in [0, 0.1) is 18.3 Å². The Morgan fingerprint density at radius 3 is 2.70 bits per heavy atom. The van der Waals surface area contributed by atoms with Crippen molar-refractivity contribution in [3.8, 4) is 5.75 Å². The number of rotatable bonds is 2. The lowest BCUT2D eigenvalue weighted by Crippen LogP contribution is -2.52. The number of carboxylic acids is 1. The summed E-state index contributed by atoms with van der Waals surface area (Å²) in [4.78, 5) is 28.3. The molecule has 6 heteroatoms. The number of carboxylic acid groups (broad SMARTS) is 1. The van der Waals surface area contributed by atoms with E-state index in [9.17, 15) is 19.8 Å². The summed E-state index contributed by atoms with van der Waals surface area (Å²) in [6.07, 6.45) is 0.783. The molecule has 1 aromatic rings. The van der Waals surface area contributed by atoms with Crippen LogP contribution in [-0.4, -0.2) is 65.1 Å². The molecule has 124 valence electrons. The Morgan fingerprint density at radius 2 is 2.04 bits per heavy atom. The van der Waals surface area contributed by atoms with Gasteiger partial charge < -0.3 is 20.0 Å². The van der Waals surface area contributed by atoms with E-state index >= 15 is 0 Å². The van der Waals surface area contributed by atoms with E-state index in [1.54, 1.807) is 24.0 Å². The first kappa shape index (κ1) is 15.8. The standard InChI is InChI=1S/C17H22N2O4/c1-11-3-4-12(7-14(11)20)15(21)19-8-13-5-6-18(2)9-17(13,10-19)16(22)23/h3-4,7,13,20H,5-6,8-10H2,1-2H3,(H,22,23). The fraction of sp³-hybridized carbons (Fsp3) is 0.529. The number of piperidine rings is 1. The van der Waals surface area contributed by atoms with Gasteiger partial charge >= 0.3 is 5.97 Å². The fourth-order valence-corrected chi connectivity index (χ4v) is 3.85. The number of phenols is 1. The largest absolute Gasteiger partial charge is 0.508 e. The number of aromatic hydroxyl groups is 1. The zero-order valence-electron chi connectivity index (χ0n) is 13.5. The van der Waals surface area contributed by atoms with E-state index in [0.29, 0.717) is 24.2 Å². The van der Waals surface area contributed by atoms with Crippen molar-refractivity contribution in [1.29, 1.82) is 0 Å². The van der Waals surface area contributed by atoms with Crippen molar-refractivity contribution in [3.05, 3.63) is 29.3 Å². The molecule has 23 heavy (non-hydrogen) atoms. The van der Waals surface area contributed by atoms with Crippen molar-refractivity contribution < 1.29 is 19.8 Å². The molecule has 3 rings (SSSR count). The Morgan fingerprint density at radius 1 is 1.30 bits per heavy atom. The summed E-state index contributed by atoms with van der Waals surface area (Å²) in [7, 11) is 1.92. The molecule has 0 radical (unpaired) electrons. The Balaban J connectivity index is 1.86. The summed E-state index contributed by atoms with van der Waals surface area (Å²) in [5.41, 5.74) is 0.232. The Labute approximate surface area is 135 Å². The van der Waals surface area contributed by atoms with Gasteiger partial charge in [-0.05, 0) is 50.6 Å². The number of phenolic OH excluding ortho intramolecular Hbond substituents is 1. The molecule has 0 aliphatic carbocycles. The number of aryl methyl sites for hydroxylation is 1. The summed E-state index contributed by atoms with van der Waals surface area (Å²) in [6.45, 7) is 3.78. The summed E-state index contributed by atoms with van der Waals surface area (Å²) in [5, 5.41) is 19.6. The molecule has 2 aliphatic heterocycles. The molecule has 2 heterocycles. The second-order valence-electron chi connectivity index (χ2n) is 6.87. The van der Waals surface area contributed by atoms with Crippen molar-refractivity contribution in [2.45, 2.75) is 13.3 Å². The maximum absolute atomic E-state index is 12.7. The first-order valence-electron chi connectivity index (χ1n) is 7.84. The molecule has 2 unspecified atom stereocenters. The summed E-state index contributed by atoms with van der Waals surface area (Å²) in [5.74, 6) is -0.964. The summed E-state index contributed by atoms with van der Waals surface area (Å²) < 4.78 is 0. The zero-order chi connectivity index (χ0) is 16.8. The molecule has 2 atom stereocenters. The first-order chi connectivity index (χ1) is 10.8. The molecule has 2 N–H and O–H groups in total. The number of hydrogen-bond donors (Lipinski definition) is 2. The van der Waals surface area contributed by atoms with Crippen LogP contribution in [0.5, 0.6) is 5.75 Å². The number of hydrogen-bond acceptors (Lipinski definition) is 4. The maximum Gasteiger partial charge on any atom is 0.313 e. The van der Waals surface area contributed by atoms with Crippen LogP contribution < -0.4 is 0 Å². The number of benzene rings is 1. The Bertz CT molecular complexity index is 660. The molecule has 2 saturated heterocycles. The van der Waals surface area contributed by atoms with Crippen molar-refractivity contribution >= 4 is 11.9 Å². The van der Waals surface area contributed by atoms with E-state index in [0.717, 1.165) is 13.0 Å². The predicted molar refractivity (Wildman–Crippen MR) is 84.4 cm³/mol. The van der Waals surface area contributed by atoms with Crippen molar-refractivity contribution in [1.82, 2.24) is 9.80 Å². The average Bonchev–Trinajstić information content (AvgIpc) is 2.89. The van der Waals surface area contributed by atoms with E-state index in [-0.39, 0.29) is 24.1 Å². The van der Waals surface area contributed by atoms with Gasteiger partial charge in [-0.15, -0.1) is 0 Å². The molecular weight excluding hydrogens is 296 g/mol. The van der Waals surface area contributed by atoms with E-state index < -0.39 is 11.4 Å². The molecule has 0 saturated carbocycles. The van der Waals surface area contributed by atoms with Crippen LogP contribution in [0.2, 0.25) is 0 Å². The highest BCUT2D eigenvalue weighted by Crippen LogP contribution is 2.42. The third-order valence-corrected chi connectivity index (χ3v) is 5.28. The second kappa shape index (κ2) is 5.53. The monoisotopic (exact) mass is 318 g/mol. The van der Waals surface area contributed by atoms with Crippen molar-refractivity contribution in [2.75, 3.05) is 33.2 Å². The van der Waals surface area contributed by atoms with Gasteiger partial charge in [-0.1, -0.05) is 6.07 Å². The van der Waals surface area contributed by atoms with Gasteiger partial charge in [0, 0.05) is 25.2 Å². The first-order valence-corrected chi connectivity index (χ1v) is 7.84. The summed E-state index contributed by atoms with van der Waals surface area (Å²) >= 11 is 0. The van der Waals surface area contributed by atoms with Gasteiger partial charge in [0.2, 0.25) is 0 Å². The molecule has 1 amide bonds. The van der Waals surface area contributed by atoms with Crippen molar-refractivity contribution in [3.63, 3.8) is 0 Å². The van der Waals surface area contributed by atoms with Gasteiger partial charge in [0.05, 0.1) is 0 Å². The quantitative estimate of drug-likeness (QED) is 0.856. The molecule has 0 aromatic heterocycles. The lowest BCUT2D eigenvalue weighted by molar-refractivity contribution is -0.153. The number of amides is 1. The minimum atomic E-state index is -0.880. The lowest BCUT2D eigenvalue weighted by atomic mass is 9.73. The minimum absolute atomic E-state index is 0.0146. The smallest absolute Gasteiger partial charge is 0.313 e. The van der Waals surface area contributed by atoms with Crippen LogP contribution in [0.4, 0.5) is 0 Å². The predicted octanol–water partition coefficient (Wildman–Crippen LogP) is 1.18. The van der Waals surface area contributed by atoms with E-state index in [2.05, 4.69) is 0 Å². The SMILES string of the molecule is Cc1ccc(C(=O)N2CC3CCN(C)CC3(C(=O)O)C2)cc1O. The van der Waals surface area contributed by atoms with E-state index in [1.807, 2.05) is 11.9 Å². The van der Waals surface area contributed by atoms with Gasteiger partial charge in [-0.25, -0.2) is 0 Å². The average molecular weight is 318 g/mol. The zero-order valence-corrected chi connectivity index (χ0v) is 13.5. The highest BCUT2D eigenvalue weighted by atomic mass is 16.4. The molecular formula is C17H22N2O4. The number of nitrogens with zero attached hydrogens (tertiary/aromatic N) is 2. The maximum atomic E-state index is 12.7. The molecule has 2 fully saturated rings. The minimum Gasteiger partial charge on any atom is -0.508 e. The lowest BCUT2D eigenvalue weighted by Gasteiger charge is -2.39. The number of carbonyl (C=O) groups excluding carboxylic acids is 1. The van der Waals surface area contributed by atoms with Gasteiger partial charge in [0.25, 0.3) is 5.91 Å². The highest BCUT2D eigenvalue weighted by molar-refractivity contribution is 5.95. The number of fused-ring (bicyclic) bond motifs is 1. The van der Waals surface area contributed by atoms with Crippen LogP contribution >= 0.6 is 0 Å². The molecule has 2 aliphatic rings. The second-order valence-corrected chi connectivity index (χ2v) is 6.87. The highest BCUT2D eigenvalue weighted by Gasteiger charge is 2.55. The third kappa shape index (κ3) is 2.57. The van der Waals surface area contributed by atoms with Crippen LogP contribution in [0.1, 0.15) is 22.3 Å². The Kier molecular flexibility index (Phi) is 3.80. The topological polar surface area (TPSA) is 81.1 Å². The van der Waals surface area contributed by atoms with E-state index in [1.165, 1.54) is 6.07 Å². The molecule has 1 aromatic carbocycles. The fourth-order valence-electron chi connectivity index (χ4n) is 3.85. The number of carbonyl (C=O) groups is 2. The van der Waals surface area contributed by atoms with Gasteiger partial charge in [0.1, 0.15) is 11.2 Å². The van der Waals surface area contributed by atoms with Crippen LogP contribution in [0.15, 0.2) is 18.2 Å². The Hall–Kier alpha value is -2.08. The van der Waals surface area contributed by atoms with Gasteiger partial charge in [0.15, 0.2) is 0 Å². The van der Waals surface area contributed by atoms with Crippen LogP contribution in [-0.2, 0) is 4.79 Å². The van der Waals surface area contributed by atoms with Gasteiger partial charge in [-0.2, -0.15) is 0 Å². The number of aliphatic carboxylic acids is 1. The van der Waals surface area contributed by atoms with Crippen LogP contribution in [0.3, 0.4) is 0 Å². The van der Waals surface area contributed by atoms with Crippen molar-refractivity contribution in [2.24, 2.45) is 11.3 Å². The normalized spacial score (nSPS) is 27.7. The number of likely N-dealkylation sites (tertiary alicyclic amines) is 2. The third-order valence-electron chi connectivity index (χ3n) is 5.28. The van der Waals surface area contributed by atoms with E-state index in [4.69, 9.17) is 0 Å². The van der Waals surface area contributed by atoms with Gasteiger partial charge in [-0.3, -0.25) is 9.59 Å². The summed E-state index contributed by atoms with van der Waals surface area (Å²) in [6, 6.07) is 4.84. The molecule has 0 bridgehead atoms. The molecule has 0 spiro atoms.